The van der Waals surface area contributed by atoms with Crippen LogP contribution in [0.15, 0.2) is 18.2 Å². The molecule has 0 aliphatic heterocycles. The first-order valence-electron chi connectivity index (χ1n) is 5.34. The van der Waals surface area contributed by atoms with Gasteiger partial charge in [-0.05, 0) is 31.0 Å². The molecule has 1 aromatic carbocycles. The lowest BCUT2D eigenvalue weighted by Crippen LogP contribution is -2.34. The third-order valence-electron chi connectivity index (χ3n) is 2.58. The van der Waals surface area contributed by atoms with Gasteiger partial charge in [-0.2, -0.15) is 0 Å². The van der Waals surface area contributed by atoms with Crippen molar-refractivity contribution >= 4 is 0 Å². The van der Waals surface area contributed by atoms with E-state index in [4.69, 9.17) is 5.11 Å². The van der Waals surface area contributed by atoms with E-state index in [0.717, 1.165) is 0 Å². The van der Waals surface area contributed by atoms with Gasteiger partial charge in [-0.15, -0.1) is 0 Å². The van der Waals surface area contributed by atoms with Gasteiger partial charge in [0.05, 0.1) is 12.7 Å². The highest BCUT2D eigenvalue weighted by atomic mass is 19.1. The number of aliphatic hydroxyl groups excluding tert-OH is 2. The zero-order valence-corrected chi connectivity index (χ0v) is 9.57. The van der Waals surface area contributed by atoms with E-state index < -0.39 is 6.10 Å². The summed E-state index contributed by atoms with van der Waals surface area (Å²) in [6, 6.07) is 4.38. The minimum absolute atomic E-state index is 0.0273. The molecule has 0 aromatic heterocycles. The van der Waals surface area contributed by atoms with Gasteiger partial charge in [0.2, 0.25) is 0 Å². The van der Waals surface area contributed by atoms with E-state index >= 15 is 0 Å². The van der Waals surface area contributed by atoms with Crippen molar-refractivity contribution in [3.05, 3.63) is 35.1 Å². The second-order valence-corrected chi connectivity index (χ2v) is 3.92. The van der Waals surface area contributed by atoms with Crippen molar-refractivity contribution in [1.82, 2.24) is 5.32 Å². The molecule has 0 fully saturated rings. The van der Waals surface area contributed by atoms with Crippen LogP contribution >= 0.6 is 0 Å². The van der Waals surface area contributed by atoms with E-state index in [1.807, 2.05) is 6.92 Å². The lowest BCUT2D eigenvalue weighted by Gasteiger charge is -2.20. The lowest BCUT2D eigenvalue weighted by molar-refractivity contribution is 0.132. The molecule has 0 radical (unpaired) electrons. The molecule has 0 aliphatic carbocycles. The van der Waals surface area contributed by atoms with Crippen LogP contribution in [-0.2, 0) is 0 Å². The van der Waals surface area contributed by atoms with Gasteiger partial charge in [-0.25, -0.2) is 4.39 Å². The molecule has 1 rings (SSSR count). The molecular weight excluding hydrogens is 209 g/mol. The number of halogens is 1. The Labute approximate surface area is 94.9 Å². The molecule has 0 aliphatic rings. The zero-order valence-electron chi connectivity index (χ0n) is 9.57. The summed E-state index contributed by atoms with van der Waals surface area (Å²) < 4.78 is 13.0. The van der Waals surface area contributed by atoms with E-state index in [1.54, 1.807) is 19.1 Å². The number of aryl methyl sites for hydroxylation is 1. The third kappa shape index (κ3) is 3.27. The summed E-state index contributed by atoms with van der Waals surface area (Å²) in [6.45, 7) is 3.94. The molecule has 90 valence electrons. The van der Waals surface area contributed by atoms with E-state index in [9.17, 15) is 9.50 Å². The number of nitrogens with one attached hydrogen (secondary N) is 1. The van der Waals surface area contributed by atoms with Gasteiger partial charge in [-0.3, -0.25) is 0 Å². The Morgan fingerprint density at radius 3 is 2.69 bits per heavy atom. The summed E-state index contributed by atoms with van der Waals surface area (Å²) in [5.74, 6) is -0.271. The number of hydrogen-bond acceptors (Lipinski definition) is 3. The van der Waals surface area contributed by atoms with Crippen molar-refractivity contribution in [2.24, 2.45) is 0 Å². The van der Waals surface area contributed by atoms with Crippen LogP contribution in [0, 0.1) is 12.7 Å². The molecule has 0 saturated heterocycles. The second kappa shape index (κ2) is 5.94. The SMILES string of the molecule is Cc1cc(C(O)C(C)NCCO)ccc1F. The summed E-state index contributed by atoms with van der Waals surface area (Å²) in [5.41, 5.74) is 1.20. The van der Waals surface area contributed by atoms with Crippen LogP contribution in [0.2, 0.25) is 0 Å². The van der Waals surface area contributed by atoms with Crippen molar-refractivity contribution in [2.45, 2.75) is 26.0 Å². The van der Waals surface area contributed by atoms with Gasteiger partial charge in [-0.1, -0.05) is 12.1 Å². The van der Waals surface area contributed by atoms with Crippen LogP contribution in [0.1, 0.15) is 24.2 Å². The Kier molecular flexibility index (Phi) is 4.86. The van der Waals surface area contributed by atoms with Crippen LogP contribution in [0.3, 0.4) is 0 Å². The quantitative estimate of drug-likeness (QED) is 0.707. The van der Waals surface area contributed by atoms with Crippen LogP contribution in [0.5, 0.6) is 0 Å². The molecule has 4 heteroatoms. The van der Waals surface area contributed by atoms with Crippen molar-refractivity contribution in [2.75, 3.05) is 13.2 Å². The average molecular weight is 227 g/mol. The van der Waals surface area contributed by atoms with Crippen LogP contribution in [0.25, 0.3) is 0 Å². The number of benzene rings is 1. The Balaban J connectivity index is 2.71. The summed E-state index contributed by atoms with van der Waals surface area (Å²) in [4.78, 5) is 0. The molecular formula is C12H18FNO2. The molecule has 1 aromatic rings. The van der Waals surface area contributed by atoms with Crippen LogP contribution in [-0.4, -0.2) is 29.4 Å². The molecule has 2 atom stereocenters. The summed E-state index contributed by atoms with van der Waals surface area (Å²) >= 11 is 0. The highest BCUT2D eigenvalue weighted by Crippen LogP contribution is 2.19. The first kappa shape index (κ1) is 13.1. The van der Waals surface area contributed by atoms with Crippen molar-refractivity contribution in [1.29, 1.82) is 0 Å². The van der Waals surface area contributed by atoms with Gasteiger partial charge in [0.1, 0.15) is 5.82 Å². The standard InChI is InChI=1S/C12H18FNO2/c1-8-7-10(3-4-11(8)13)12(16)9(2)14-5-6-15/h3-4,7,9,12,14-16H,5-6H2,1-2H3. The fraction of sp³-hybridized carbons (Fsp3) is 0.500. The Morgan fingerprint density at radius 2 is 2.12 bits per heavy atom. The van der Waals surface area contributed by atoms with Gasteiger partial charge < -0.3 is 15.5 Å². The average Bonchev–Trinajstić information content (AvgIpc) is 2.28. The fourth-order valence-corrected chi connectivity index (χ4v) is 1.54. The lowest BCUT2D eigenvalue weighted by atomic mass is 10.0. The minimum Gasteiger partial charge on any atom is -0.395 e. The fourth-order valence-electron chi connectivity index (χ4n) is 1.54. The molecule has 0 heterocycles. The van der Waals surface area contributed by atoms with Gasteiger partial charge in [0.15, 0.2) is 0 Å². The highest BCUT2D eigenvalue weighted by Gasteiger charge is 2.16. The largest absolute Gasteiger partial charge is 0.395 e. The number of hydrogen-bond donors (Lipinski definition) is 3. The second-order valence-electron chi connectivity index (χ2n) is 3.92. The first-order valence-corrected chi connectivity index (χ1v) is 5.34. The summed E-state index contributed by atoms with van der Waals surface area (Å²) in [5, 5.41) is 21.6. The Bertz CT molecular complexity index is 344. The molecule has 3 nitrogen and oxygen atoms in total. The topological polar surface area (TPSA) is 52.5 Å². The van der Waals surface area contributed by atoms with Gasteiger partial charge >= 0.3 is 0 Å². The predicted octanol–water partition coefficient (Wildman–Crippen LogP) is 1.14. The maximum Gasteiger partial charge on any atom is 0.126 e. The molecule has 16 heavy (non-hydrogen) atoms. The summed E-state index contributed by atoms with van der Waals surface area (Å²) in [6.07, 6.45) is -0.703. The Hall–Kier alpha value is -0.970. The number of rotatable bonds is 5. The van der Waals surface area contributed by atoms with Gasteiger partial charge in [0.25, 0.3) is 0 Å². The van der Waals surface area contributed by atoms with Crippen molar-refractivity contribution in [3.8, 4) is 0 Å². The highest BCUT2D eigenvalue weighted by molar-refractivity contribution is 5.26. The van der Waals surface area contributed by atoms with Crippen molar-refractivity contribution < 1.29 is 14.6 Å². The normalized spacial score (nSPS) is 14.8. The van der Waals surface area contributed by atoms with E-state index in [2.05, 4.69) is 5.32 Å². The maximum absolute atomic E-state index is 13.0. The minimum atomic E-state index is -0.703. The van der Waals surface area contributed by atoms with Crippen LogP contribution in [0.4, 0.5) is 4.39 Å². The molecule has 0 saturated carbocycles. The van der Waals surface area contributed by atoms with Crippen LogP contribution < -0.4 is 5.32 Å². The Morgan fingerprint density at radius 1 is 1.44 bits per heavy atom. The zero-order chi connectivity index (χ0) is 12.1. The molecule has 0 bridgehead atoms. The summed E-state index contributed by atoms with van der Waals surface area (Å²) in [7, 11) is 0. The monoisotopic (exact) mass is 227 g/mol. The van der Waals surface area contributed by atoms with Crippen molar-refractivity contribution in [3.63, 3.8) is 0 Å². The molecule has 0 spiro atoms. The van der Waals surface area contributed by atoms with Gasteiger partial charge in [0, 0.05) is 12.6 Å². The molecule has 0 amide bonds. The maximum atomic E-state index is 13.0. The van der Waals surface area contributed by atoms with E-state index in [0.29, 0.717) is 17.7 Å². The smallest absolute Gasteiger partial charge is 0.126 e. The molecule has 3 N–H and O–H groups in total. The molecule has 2 unspecified atom stereocenters. The predicted molar refractivity (Wildman–Crippen MR) is 60.6 cm³/mol. The van der Waals surface area contributed by atoms with E-state index in [1.165, 1.54) is 6.07 Å². The number of aliphatic hydroxyl groups is 2. The van der Waals surface area contributed by atoms with E-state index in [-0.39, 0.29) is 18.5 Å². The first-order chi connectivity index (χ1) is 7.56. The third-order valence-corrected chi connectivity index (χ3v) is 2.58.